The molecule has 5 heteroatoms. The van der Waals surface area contributed by atoms with Gasteiger partial charge in [-0.2, -0.15) is 4.39 Å². The molecule has 0 bridgehead atoms. The van der Waals surface area contributed by atoms with Crippen LogP contribution in [-0.2, 0) is 6.54 Å². The minimum absolute atomic E-state index is 0.126. The first kappa shape index (κ1) is 15.4. The second-order valence-corrected chi connectivity index (χ2v) is 6.07. The molecule has 0 fully saturated rings. The number of aryl methyl sites for hydroxylation is 1. The number of halogens is 2. The Morgan fingerprint density at radius 3 is 2.44 bits per heavy atom. The Balaban J connectivity index is 1.99. The van der Waals surface area contributed by atoms with Crippen LogP contribution >= 0.6 is 0 Å². The molecular weight excluding hydrogens is 322 g/mol. The number of aromatic nitrogens is 1. The molecule has 0 unspecified atom stereocenters. The van der Waals surface area contributed by atoms with Gasteiger partial charge in [0.05, 0.1) is 0 Å². The largest absolute Gasteiger partial charge is 0.348 e. The van der Waals surface area contributed by atoms with E-state index in [1.807, 2.05) is 19.1 Å². The number of benzene rings is 2. The zero-order valence-corrected chi connectivity index (χ0v) is 13.4. The number of carbonyl (C=O) groups is 1. The topological polar surface area (TPSA) is 42.0 Å². The van der Waals surface area contributed by atoms with Gasteiger partial charge in [0.25, 0.3) is 5.91 Å². The fourth-order valence-corrected chi connectivity index (χ4v) is 3.17. The van der Waals surface area contributed by atoms with Gasteiger partial charge >= 0.3 is 0 Å². The van der Waals surface area contributed by atoms with Crippen LogP contribution in [0.3, 0.4) is 0 Å². The molecule has 1 aliphatic rings. The number of carbonyl (C=O) groups excluding carboxylic acids is 1. The van der Waals surface area contributed by atoms with E-state index in [9.17, 15) is 13.6 Å². The first-order valence-electron chi connectivity index (χ1n) is 7.86. The van der Waals surface area contributed by atoms with E-state index < -0.39 is 5.95 Å². The van der Waals surface area contributed by atoms with Crippen molar-refractivity contribution in [1.29, 1.82) is 0 Å². The highest BCUT2D eigenvalue weighted by atomic mass is 19.1. The number of amides is 1. The van der Waals surface area contributed by atoms with E-state index in [-0.39, 0.29) is 11.7 Å². The molecule has 3 aromatic rings. The molecule has 0 aliphatic carbocycles. The van der Waals surface area contributed by atoms with E-state index in [4.69, 9.17) is 0 Å². The molecule has 1 aliphatic heterocycles. The lowest BCUT2D eigenvalue weighted by molar-refractivity contribution is 0.0966. The van der Waals surface area contributed by atoms with Crippen LogP contribution in [-0.4, -0.2) is 10.9 Å². The Labute approximate surface area is 143 Å². The van der Waals surface area contributed by atoms with Gasteiger partial charge in [0, 0.05) is 23.9 Å². The first-order valence-corrected chi connectivity index (χ1v) is 7.86. The van der Waals surface area contributed by atoms with Crippen LogP contribution in [0.15, 0.2) is 48.7 Å². The zero-order valence-electron chi connectivity index (χ0n) is 13.4. The van der Waals surface area contributed by atoms with Gasteiger partial charge in [-0.15, -0.1) is 0 Å². The maximum absolute atomic E-state index is 13.4. The molecule has 1 amide bonds. The smallest absolute Gasteiger partial charge is 0.251 e. The molecule has 2 heterocycles. The predicted octanol–water partition coefficient (Wildman–Crippen LogP) is 4.25. The Morgan fingerprint density at radius 2 is 1.72 bits per heavy atom. The van der Waals surface area contributed by atoms with Crippen LogP contribution in [0.25, 0.3) is 22.3 Å². The van der Waals surface area contributed by atoms with Gasteiger partial charge in [0.15, 0.2) is 0 Å². The van der Waals surface area contributed by atoms with Crippen molar-refractivity contribution in [2.45, 2.75) is 13.5 Å². The summed E-state index contributed by atoms with van der Waals surface area (Å²) >= 11 is 0. The minimum Gasteiger partial charge on any atom is -0.348 e. The Morgan fingerprint density at radius 1 is 0.960 bits per heavy atom. The summed E-state index contributed by atoms with van der Waals surface area (Å²) in [6, 6.07) is 11.2. The number of nitrogens with zero attached hydrogens (tertiary/aromatic N) is 1. The summed E-state index contributed by atoms with van der Waals surface area (Å²) in [5.41, 5.74) is 5.42. The Bertz CT molecular complexity index is 997. The van der Waals surface area contributed by atoms with Gasteiger partial charge < -0.3 is 5.32 Å². The number of nitrogens with one attached hydrogen (secondary N) is 1. The van der Waals surface area contributed by atoms with Crippen LogP contribution in [0.2, 0.25) is 0 Å². The van der Waals surface area contributed by atoms with Crippen LogP contribution in [0.5, 0.6) is 0 Å². The number of hydrogen-bond donors (Lipinski definition) is 1. The number of rotatable bonds is 2. The molecule has 1 N–H and O–H groups in total. The van der Waals surface area contributed by atoms with E-state index in [0.29, 0.717) is 12.1 Å². The third-order valence-corrected chi connectivity index (χ3v) is 4.45. The summed E-state index contributed by atoms with van der Waals surface area (Å²) < 4.78 is 26.7. The molecule has 25 heavy (non-hydrogen) atoms. The molecule has 0 atom stereocenters. The Kier molecular flexibility index (Phi) is 3.57. The number of hydrogen-bond acceptors (Lipinski definition) is 2. The summed E-state index contributed by atoms with van der Waals surface area (Å²) in [5.74, 6) is -0.995. The average molecular weight is 336 g/mol. The molecule has 2 aromatic carbocycles. The van der Waals surface area contributed by atoms with Crippen molar-refractivity contribution < 1.29 is 13.6 Å². The van der Waals surface area contributed by atoms with Crippen molar-refractivity contribution in [2.75, 3.05) is 0 Å². The summed E-state index contributed by atoms with van der Waals surface area (Å²) in [7, 11) is 0. The maximum atomic E-state index is 13.4. The average Bonchev–Trinajstić information content (AvgIpc) is 2.95. The van der Waals surface area contributed by atoms with Gasteiger partial charge in [-0.25, -0.2) is 9.37 Å². The fraction of sp³-hybridized carbons (Fsp3) is 0.100. The molecule has 3 nitrogen and oxygen atoms in total. The van der Waals surface area contributed by atoms with E-state index in [1.165, 1.54) is 24.4 Å². The second-order valence-electron chi connectivity index (χ2n) is 6.07. The quantitative estimate of drug-likeness (QED) is 0.711. The molecule has 124 valence electrons. The first-order chi connectivity index (χ1) is 12.0. The lowest BCUT2D eigenvalue weighted by atomic mass is 9.90. The SMILES string of the molecule is Cc1cc(F)ncc1-c1cc2c(cc1-c1ccc(F)cc1)C(=O)NC2. The standard InChI is InChI=1S/C20H14F2N2O/c1-11-6-19(22)23-10-18(11)17-7-13-9-24-20(25)16(13)8-15(17)12-2-4-14(21)5-3-12/h2-8,10H,9H2,1H3,(H,24,25). The second kappa shape index (κ2) is 5.77. The molecule has 1 aromatic heterocycles. The van der Waals surface area contributed by atoms with Gasteiger partial charge in [-0.3, -0.25) is 4.79 Å². The zero-order chi connectivity index (χ0) is 17.6. The summed E-state index contributed by atoms with van der Waals surface area (Å²) in [5, 5.41) is 2.80. The molecule has 0 saturated heterocycles. The van der Waals surface area contributed by atoms with Gasteiger partial charge in [0.2, 0.25) is 5.95 Å². The van der Waals surface area contributed by atoms with Crippen molar-refractivity contribution in [3.63, 3.8) is 0 Å². The fourth-order valence-electron chi connectivity index (χ4n) is 3.17. The van der Waals surface area contributed by atoms with Crippen molar-refractivity contribution in [3.05, 3.63) is 77.1 Å². The Hall–Kier alpha value is -3.08. The third-order valence-electron chi connectivity index (χ3n) is 4.45. The lowest BCUT2D eigenvalue weighted by Gasteiger charge is -2.14. The molecule has 0 spiro atoms. The summed E-state index contributed by atoms with van der Waals surface area (Å²) in [6.07, 6.45) is 1.49. The van der Waals surface area contributed by atoms with Gasteiger partial charge in [-0.1, -0.05) is 12.1 Å². The monoisotopic (exact) mass is 336 g/mol. The van der Waals surface area contributed by atoms with E-state index >= 15 is 0 Å². The summed E-state index contributed by atoms with van der Waals surface area (Å²) in [4.78, 5) is 15.8. The highest BCUT2D eigenvalue weighted by Gasteiger charge is 2.23. The van der Waals surface area contributed by atoms with E-state index in [0.717, 1.165) is 33.4 Å². The van der Waals surface area contributed by atoms with Crippen LogP contribution in [0.4, 0.5) is 8.78 Å². The molecular formula is C20H14F2N2O. The van der Waals surface area contributed by atoms with Crippen molar-refractivity contribution in [1.82, 2.24) is 10.3 Å². The van der Waals surface area contributed by atoms with Crippen LogP contribution < -0.4 is 5.32 Å². The van der Waals surface area contributed by atoms with Crippen molar-refractivity contribution >= 4 is 5.91 Å². The molecule has 4 rings (SSSR count). The van der Waals surface area contributed by atoms with E-state index in [2.05, 4.69) is 10.3 Å². The minimum atomic E-state index is -0.539. The maximum Gasteiger partial charge on any atom is 0.251 e. The summed E-state index contributed by atoms with van der Waals surface area (Å²) in [6.45, 7) is 2.27. The highest BCUT2D eigenvalue weighted by Crippen LogP contribution is 2.37. The number of pyridine rings is 1. The van der Waals surface area contributed by atoms with Gasteiger partial charge in [0.1, 0.15) is 5.82 Å². The normalized spacial score (nSPS) is 12.8. The molecule has 0 saturated carbocycles. The van der Waals surface area contributed by atoms with Crippen molar-refractivity contribution in [2.24, 2.45) is 0 Å². The third kappa shape index (κ3) is 2.67. The van der Waals surface area contributed by atoms with Crippen LogP contribution in [0, 0.1) is 18.7 Å². The molecule has 0 radical (unpaired) electrons. The lowest BCUT2D eigenvalue weighted by Crippen LogP contribution is -2.12. The van der Waals surface area contributed by atoms with Crippen molar-refractivity contribution in [3.8, 4) is 22.3 Å². The van der Waals surface area contributed by atoms with E-state index in [1.54, 1.807) is 12.1 Å². The highest BCUT2D eigenvalue weighted by molar-refractivity contribution is 6.01. The predicted molar refractivity (Wildman–Crippen MR) is 90.9 cm³/mol. The van der Waals surface area contributed by atoms with Crippen LogP contribution in [0.1, 0.15) is 21.5 Å². The van der Waals surface area contributed by atoms with Gasteiger partial charge in [-0.05, 0) is 65.1 Å². The number of fused-ring (bicyclic) bond motifs is 1.